The average Bonchev–Trinajstić information content (AvgIpc) is 3.30. The molecule has 0 spiro atoms. The van der Waals surface area contributed by atoms with Crippen molar-refractivity contribution in [1.82, 2.24) is 4.90 Å². The first kappa shape index (κ1) is 17.7. The molecule has 27 heavy (non-hydrogen) atoms. The lowest BCUT2D eigenvalue weighted by Crippen LogP contribution is -2.45. The zero-order valence-electron chi connectivity index (χ0n) is 14.5. The number of carbonyl (C=O) groups is 3. The first-order chi connectivity index (χ1) is 13.0. The minimum Gasteiger partial charge on any atom is -0.550 e. The lowest BCUT2D eigenvalue weighted by atomic mass is 9.82. The van der Waals surface area contributed by atoms with E-state index in [1.165, 1.54) is 0 Å². The fraction of sp³-hybridized carbons (Fsp3) is 0.421. The quantitative estimate of drug-likeness (QED) is 0.710. The number of hydrogen-bond donors (Lipinski definition) is 1. The van der Waals surface area contributed by atoms with Gasteiger partial charge >= 0.3 is 0 Å². The summed E-state index contributed by atoms with van der Waals surface area (Å²) in [6.07, 6.45) is 2.18. The van der Waals surface area contributed by atoms with Gasteiger partial charge in [-0.2, -0.15) is 0 Å². The van der Waals surface area contributed by atoms with Crippen LogP contribution in [0.15, 0.2) is 36.4 Å². The Morgan fingerprint density at radius 2 is 1.63 bits per heavy atom. The van der Waals surface area contributed by atoms with Gasteiger partial charge < -0.3 is 29.6 Å². The Kier molecular flexibility index (Phi) is 4.67. The molecule has 0 radical (unpaired) electrons. The van der Waals surface area contributed by atoms with Crippen LogP contribution in [-0.2, 0) is 19.1 Å². The third kappa shape index (κ3) is 3.33. The summed E-state index contributed by atoms with van der Waals surface area (Å²) in [6.45, 7) is 2.17. The number of amides is 2. The number of carbonyl (C=O) groups excluding carboxylic acids is 3. The van der Waals surface area contributed by atoms with E-state index >= 15 is 0 Å². The number of carboxylic acids is 1. The third-order valence-electron chi connectivity index (χ3n) is 5.17. The summed E-state index contributed by atoms with van der Waals surface area (Å²) in [7, 11) is 0. The summed E-state index contributed by atoms with van der Waals surface area (Å²) in [5.74, 6) is -3.64. The number of nitrogens with one attached hydrogen (secondary N) is 1. The second kappa shape index (κ2) is 7.13. The van der Waals surface area contributed by atoms with E-state index < -0.39 is 35.9 Å². The summed E-state index contributed by atoms with van der Waals surface area (Å²) in [5.41, 5.74) is 1.01. The summed E-state index contributed by atoms with van der Waals surface area (Å²) in [6, 6.07) is 6.54. The van der Waals surface area contributed by atoms with Gasteiger partial charge in [0.15, 0.2) is 0 Å². The largest absolute Gasteiger partial charge is 0.550 e. The van der Waals surface area contributed by atoms with Gasteiger partial charge in [-0.05, 0) is 24.3 Å². The van der Waals surface area contributed by atoms with Gasteiger partial charge in [-0.15, -0.1) is 0 Å². The number of rotatable bonds is 4. The minimum atomic E-state index is -1.29. The van der Waals surface area contributed by atoms with Crippen LogP contribution in [0.2, 0.25) is 0 Å². The molecule has 0 aromatic heterocycles. The second-order valence-corrected chi connectivity index (χ2v) is 6.79. The van der Waals surface area contributed by atoms with E-state index in [9.17, 15) is 19.5 Å². The Hall–Kier alpha value is -2.71. The molecule has 1 aromatic carbocycles. The van der Waals surface area contributed by atoms with Crippen molar-refractivity contribution in [3.05, 3.63) is 42.0 Å². The van der Waals surface area contributed by atoms with E-state index in [1.807, 2.05) is 0 Å². The van der Waals surface area contributed by atoms with E-state index in [0.29, 0.717) is 37.6 Å². The van der Waals surface area contributed by atoms with Gasteiger partial charge in [-0.25, -0.2) is 0 Å². The van der Waals surface area contributed by atoms with Crippen molar-refractivity contribution < 1.29 is 29.0 Å². The highest BCUT2D eigenvalue weighted by molar-refractivity contribution is 5.98. The number of morpholine rings is 1. The molecular formula is C19H19N2O6-. The molecule has 4 atom stereocenters. The molecule has 3 heterocycles. The highest BCUT2D eigenvalue weighted by atomic mass is 16.5. The molecule has 2 bridgehead atoms. The lowest BCUT2D eigenvalue weighted by molar-refractivity contribution is -0.313. The Morgan fingerprint density at radius 3 is 2.26 bits per heavy atom. The number of fused-ring (bicyclic) bond motifs is 2. The maximum atomic E-state index is 12.6. The van der Waals surface area contributed by atoms with Crippen LogP contribution in [0.3, 0.4) is 0 Å². The van der Waals surface area contributed by atoms with Crippen molar-refractivity contribution in [3.8, 4) is 0 Å². The van der Waals surface area contributed by atoms with Crippen LogP contribution in [0.5, 0.6) is 0 Å². The molecule has 2 fully saturated rings. The maximum absolute atomic E-state index is 12.6. The molecule has 0 unspecified atom stereocenters. The number of carboxylic acid groups (broad SMARTS) is 1. The molecule has 8 heteroatoms. The van der Waals surface area contributed by atoms with Gasteiger partial charge in [-0.3, -0.25) is 9.59 Å². The number of ether oxygens (including phenoxy) is 2. The Labute approximate surface area is 155 Å². The van der Waals surface area contributed by atoms with Gasteiger partial charge in [0.2, 0.25) is 5.91 Å². The predicted molar refractivity (Wildman–Crippen MR) is 91.6 cm³/mol. The van der Waals surface area contributed by atoms with Crippen LogP contribution in [0.1, 0.15) is 10.4 Å². The third-order valence-corrected chi connectivity index (χ3v) is 5.17. The summed E-state index contributed by atoms with van der Waals surface area (Å²) in [5, 5.41) is 14.1. The van der Waals surface area contributed by atoms with Gasteiger partial charge in [0.05, 0.1) is 31.3 Å². The molecular weight excluding hydrogens is 352 g/mol. The monoisotopic (exact) mass is 371 g/mol. The van der Waals surface area contributed by atoms with Crippen molar-refractivity contribution in [2.24, 2.45) is 11.8 Å². The van der Waals surface area contributed by atoms with Gasteiger partial charge in [0.25, 0.3) is 5.91 Å². The van der Waals surface area contributed by atoms with E-state index in [4.69, 9.17) is 9.47 Å². The van der Waals surface area contributed by atoms with E-state index in [-0.39, 0.29) is 5.91 Å². The standard InChI is InChI=1S/C19H20N2O6/c22-17(15-13-5-6-14(27-13)16(15)19(24)25)20-12-3-1-11(2-4-12)18(23)21-7-9-26-10-8-21/h1-6,13-16H,7-10H2,(H,20,22)(H,24,25)/p-1/t13-,14+,15+,16+/m1/s1. The zero-order chi connectivity index (χ0) is 19.0. The maximum Gasteiger partial charge on any atom is 0.254 e. The van der Waals surface area contributed by atoms with Crippen molar-refractivity contribution in [2.75, 3.05) is 31.6 Å². The number of nitrogens with zero attached hydrogens (tertiary/aromatic N) is 1. The highest BCUT2D eigenvalue weighted by Crippen LogP contribution is 2.39. The van der Waals surface area contributed by atoms with Crippen LogP contribution in [-0.4, -0.2) is 61.2 Å². The van der Waals surface area contributed by atoms with E-state index in [2.05, 4.69) is 5.32 Å². The molecule has 2 saturated heterocycles. The van der Waals surface area contributed by atoms with Crippen LogP contribution >= 0.6 is 0 Å². The van der Waals surface area contributed by atoms with Gasteiger partial charge in [0, 0.05) is 36.2 Å². The molecule has 2 amide bonds. The van der Waals surface area contributed by atoms with E-state index in [0.717, 1.165) is 0 Å². The Balaban J connectivity index is 1.42. The fourth-order valence-corrected chi connectivity index (χ4v) is 3.77. The number of hydrogen-bond acceptors (Lipinski definition) is 6. The lowest BCUT2D eigenvalue weighted by Gasteiger charge is -2.27. The van der Waals surface area contributed by atoms with E-state index in [1.54, 1.807) is 41.3 Å². The molecule has 1 aromatic rings. The average molecular weight is 371 g/mol. The van der Waals surface area contributed by atoms with Crippen molar-refractivity contribution in [3.63, 3.8) is 0 Å². The smallest absolute Gasteiger partial charge is 0.254 e. The summed E-state index contributed by atoms with van der Waals surface area (Å²) in [4.78, 5) is 38.1. The topological polar surface area (TPSA) is 108 Å². The van der Waals surface area contributed by atoms with Gasteiger partial charge in [0.1, 0.15) is 0 Å². The first-order valence-corrected chi connectivity index (χ1v) is 8.87. The molecule has 0 saturated carbocycles. The van der Waals surface area contributed by atoms with Crippen molar-refractivity contribution in [2.45, 2.75) is 12.2 Å². The molecule has 3 aliphatic heterocycles. The summed E-state index contributed by atoms with van der Waals surface area (Å²) >= 11 is 0. The van der Waals surface area contributed by atoms with Gasteiger partial charge in [-0.1, -0.05) is 12.2 Å². The SMILES string of the molecule is O=C([O-])[C@@H]1[C@@H](C(=O)Nc2ccc(C(=O)N3CCOCC3)cc2)[C@H]2C=C[C@@H]1O2. The van der Waals surface area contributed by atoms with Crippen molar-refractivity contribution >= 4 is 23.5 Å². The molecule has 0 aliphatic carbocycles. The first-order valence-electron chi connectivity index (χ1n) is 8.87. The molecule has 3 aliphatic rings. The molecule has 8 nitrogen and oxygen atoms in total. The van der Waals surface area contributed by atoms with Crippen LogP contribution in [0.4, 0.5) is 5.69 Å². The van der Waals surface area contributed by atoms with Crippen LogP contribution in [0, 0.1) is 11.8 Å². The normalized spacial score (nSPS) is 29.0. The Bertz CT molecular complexity index is 784. The number of aliphatic carboxylic acids is 1. The second-order valence-electron chi connectivity index (χ2n) is 6.79. The Morgan fingerprint density at radius 1 is 1.00 bits per heavy atom. The molecule has 142 valence electrons. The molecule has 1 N–H and O–H groups in total. The van der Waals surface area contributed by atoms with Crippen LogP contribution < -0.4 is 10.4 Å². The fourth-order valence-electron chi connectivity index (χ4n) is 3.77. The van der Waals surface area contributed by atoms with Crippen molar-refractivity contribution in [1.29, 1.82) is 0 Å². The van der Waals surface area contributed by atoms with Crippen LogP contribution in [0.25, 0.3) is 0 Å². The summed E-state index contributed by atoms with van der Waals surface area (Å²) < 4.78 is 10.7. The predicted octanol–water partition coefficient (Wildman–Crippen LogP) is -0.583. The minimum absolute atomic E-state index is 0.0835. The highest BCUT2D eigenvalue weighted by Gasteiger charge is 2.50. The number of anilines is 1. The molecule has 4 rings (SSSR count). The number of benzene rings is 1. The zero-order valence-corrected chi connectivity index (χ0v) is 14.5.